The Morgan fingerprint density at radius 3 is 2.53 bits per heavy atom. The molecule has 4 unspecified atom stereocenters. The number of fused-ring (bicyclic) bond motifs is 4. The monoisotopic (exact) mass is 603 g/mol. The predicted octanol–water partition coefficient (Wildman–Crippen LogP) is 7.81. The topological polar surface area (TPSA) is 65.1 Å². The summed E-state index contributed by atoms with van der Waals surface area (Å²) in [5.74, 6) is 3.83. The van der Waals surface area contributed by atoms with E-state index in [0.29, 0.717) is 54.8 Å². The SMILES string of the molecule is C=CC1CN2CCC1CC2[C@@H](OC(=S)Nc1c(OCC)cccc1OCC)c1ccnc2ccc(OCCC(C)C)cc12. The number of hydrogen-bond acceptors (Lipinski definition) is 7. The molecule has 3 aliphatic heterocycles. The molecule has 6 rings (SSSR count). The van der Waals surface area contributed by atoms with Gasteiger partial charge in [0, 0.05) is 23.7 Å². The molecule has 0 aliphatic carbocycles. The number of aromatic nitrogens is 1. The number of anilines is 1. The number of benzene rings is 2. The van der Waals surface area contributed by atoms with Crippen LogP contribution in [0, 0.1) is 17.8 Å². The van der Waals surface area contributed by atoms with Crippen molar-refractivity contribution in [3.8, 4) is 17.2 Å². The molecule has 0 spiro atoms. The van der Waals surface area contributed by atoms with Gasteiger partial charge in [0.05, 0.1) is 31.4 Å². The quantitative estimate of drug-likeness (QED) is 0.157. The summed E-state index contributed by atoms with van der Waals surface area (Å²) >= 11 is 5.91. The van der Waals surface area contributed by atoms with Crippen molar-refractivity contribution in [2.24, 2.45) is 17.8 Å². The van der Waals surface area contributed by atoms with E-state index in [1.807, 2.05) is 50.4 Å². The molecule has 230 valence electrons. The zero-order valence-electron chi connectivity index (χ0n) is 25.9. The van der Waals surface area contributed by atoms with Crippen LogP contribution in [0.2, 0.25) is 0 Å². The van der Waals surface area contributed by atoms with Crippen LogP contribution in [0.4, 0.5) is 5.69 Å². The Labute approximate surface area is 261 Å². The molecule has 43 heavy (non-hydrogen) atoms. The van der Waals surface area contributed by atoms with E-state index in [4.69, 9.17) is 31.2 Å². The van der Waals surface area contributed by atoms with E-state index in [1.54, 1.807) is 0 Å². The summed E-state index contributed by atoms with van der Waals surface area (Å²) < 4.78 is 24.8. The highest BCUT2D eigenvalue weighted by Gasteiger charge is 2.44. The van der Waals surface area contributed by atoms with Gasteiger partial charge >= 0.3 is 0 Å². The number of para-hydroxylation sites is 1. The molecular formula is C35H45N3O4S. The Morgan fingerprint density at radius 2 is 1.88 bits per heavy atom. The van der Waals surface area contributed by atoms with Gasteiger partial charge in [-0.2, -0.15) is 0 Å². The van der Waals surface area contributed by atoms with Crippen LogP contribution in [0.25, 0.3) is 10.9 Å². The van der Waals surface area contributed by atoms with Gasteiger partial charge < -0.3 is 24.3 Å². The van der Waals surface area contributed by atoms with Crippen LogP contribution in [0.5, 0.6) is 17.2 Å². The lowest BCUT2D eigenvalue weighted by atomic mass is 9.73. The van der Waals surface area contributed by atoms with Crippen molar-refractivity contribution in [3.63, 3.8) is 0 Å². The van der Waals surface area contributed by atoms with Gasteiger partial charge in [0.1, 0.15) is 29.0 Å². The highest BCUT2D eigenvalue weighted by atomic mass is 32.1. The van der Waals surface area contributed by atoms with Gasteiger partial charge in [0.15, 0.2) is 0 Å². The minimum atomic E-state index is -0.320. The summed E-state index contributed by atoms with van der Waals surface area (Å²) in [5.41, 5.74) is 2.63. The summed E-state index contributed by atoms with van der Waals surface area (Å²) in [6.45, 7) is 16.2. The molecule has 2 bridgehead atoms. The normalized spacial score (nSPS) is 21.8. The standard InChI is InChI=1S/C35H45N3O4S/c1-6-24-22-38-18-15-25(24)20-30(38)34(42-35(43)37-33-31(39-7-2)10-9-11-32(33)40-8-3)27-14-17-36-29-13-12-26(21-28(27)29)41-19-16-23(4)5/h6,9-14,17,21,23-25,30,34H,1,7-8,15-16,18-20,22H2,2-5H3,(H,37,43)/t24?,25?,30?,34-/m0/s1. The molecule has 0 amide bonds. The molecule has 2 aromatic carbocycles. The van der Waals surface area contributed by atoms with Crippen molar-refractivity contribution in [2.75, 3.05) is 38.2 Å². The van der Waals surface area contributed by atoms with Crippen molar-refractivity contribution in [2.45, 2.75) is 59.1 Å². The van der Waals surface area contributed by atoms with Crippen molar-refractivity contribution >= 4 is 34.0 Å². The fraction of sp³-hybridized carbons (Fsp3) is 0.486. The minimum Gasteiger partial charge on any atom is -0.494 e. The van der Waals surface area contributed by atoms with E-state index >= 15 is 0 Å². The average Bonchev–Trinajstić information content (AvgIpc) is 3.01. The highest BCUT2D eigenvalue weighted by Crippen LogP contribution is 2.44. The van der Waals surface area contributed by atoms with E-state index in [1.165, 1.54) is 6.42 Å². The van der Waals surface area contributed by atoms with Crippen molar-refractivity contribution in [1.82, 2.24) is 9.88 Å². The Balaban J connectivity index is 1.49. The van der Waals surface area contributed by atoms with Crippen LogP contribution in [-0.2, 0) is 4.74 Å². The number of pyridine rings is 1. The van der Waals surface area contributed by atoms with Crippen LogP contribution in [0.3, 0.4) is 0 Å². The molecule has 1 N–H and O–H groups in total. The second-order valence-corrected chi connectivity index (χ2v) is 12.2. The number of piperidine rings is 3. The first-order chi connectivity index (χ1) is 20.9. The van der Waals surface area contributed by atoms with Gasteiger partial charge in [0.25, 0.3) is 5.17 Å². The third-order valence-corrected chi connectivity index (χ3v) is 8.77. The van der Waals surface area contributed by atoms with E-state index in [-0.39, 0.29) is 17.3 Å². The van der Waals surface area contributed by atoms with Gasteiger partial charge in [-0.25, -0.2) is 0 Å². The first-order valence-corrected chi connectivity index (χ1v) is 16.1. The smallest absolute Gasteiger partial charge is 0.262 e. The highest BCUT2D eigenvalue weighted by molar-refractivity contribution is 7.80. The maximum Gasteiger partial charge on any atom is 0.262 e. The number of rotatable bonds is 13. The van der Waals surface area contributed by atoms with E-state index in [9.17, 15) is 0 Å². The fourth-order valence-corrected chi connectivity index (χ4v) is 6.58. The third kappa shape index (κ3) is 7.24. The minimum absolute atomic E-state index is 0.152. The fourth-order valence-electron chi connectivity index (χ4n) is 6.37. The lowest BCUT2D eigenvalue weighted by Crippen LogP contribution is -2.55. The zero-order chi connectivity index (χ0) is 30.3. The maximum absolute atomic E-state index is 6.80. The lowest BCUT2D eigenvalue weighted by Gasteiger charge is -2.51. The number of thiocarbonyl (C=S) groups is 1. The van der Waals surface area contributed by atoms with Crippen LogP contribution >= 0.6 is 12.2 Å². The molecule has 3 saturated heterocycles. The second kappa shape index (κ2) is 14.4. The summed E-state index contributed by atoms with van der Waals surface area (Å²) in [6, 6.07) is 14.1. The first kappa shape index (κ1) is 31.1. The Hall–Kier alpha value is -3.36. The van der Waals surface area contributed by atoms with Gasteiger partial charge in [0.2, 0.25) is 0 Å². The third-order valence-electron chi connectivity index (χ3n) is 8.57. The number of ether oxygens (including phenoxy) is 4. The molecule has 1 aromatic heterocycles. The Morgan fingerprint density at radius 1 is 1.12 bits per heavy atom. The van der Waals surface area contributed by atoms with Gasteiger partial charge in [-0.15, -0.1) is 6.58 Å². The van der Waals surface area contributed by atoms with Gasteiger partial charge in [-0.1, -0.05) is 26.0 Å². The van der Waals surface area contributed by atoms with Crippen LogP contribution in [0.15, 0.2) is 61.3 Å². The molecule has 0 saturated carbocycles. The molecule has 0 radical (unpaired) electrons. The molecule has 3 aromatic rings. The van der Waals surface area contributed by atoms with Gasteiger partial charge in [-0.3, -0.25) is 9.88 Å². The lowest BCUT2D eigenvalue weighted by molar-refractivity contribution is -0.0386. The number of nitrogens with one attached hydrogen (secondary N) is 1. The average molecular weight is 604 g/mol. The van der Waals surface area contributed by atoms with Crippen LogP contribution < -0.4 is 19.5 Å². The molecule has 3 aliphatic rings. The van der Waals surface area contributed by atoms with Crippen LogP contribution in [0.1, 0.15) is 58.6 Å². The van der Waals surface area contributed by atoms with Crippen molar-refractivity contribution < 1.29 is 18.9 Å². The van der Waals surface area contributed by atoms with E-state index in [0.717, 1.165) is 48.1 Å². The molecule has 7 nitrogen and oxygen atoms in total. The summed E-state index contributed by atoms with van der Waals surface area (Å²) in [6.07, 6.45) is 6.85. The summed E-state index contributed by atoms with van der Waals surface area (Å²) in [5, 5.41) is 4.63. The molecule has 4 heterocycles. The maximum atomic E-state index is 6.80. The molecular weight excluding hydrogens is 558 g/mol. The Kier molecular flexibility index (Phi) is 10.4. The molecule has 8 heteroatoms. The molecule has 5 atom stereocenters. The first-order valence-electron chi connectivity index (χ1n) is 15.7. The van der Waals surface area contributed by atoms with E-state index < -0.39 is 0 Å². The van der Waals surface area contributed by atoms with Crippen molar-refractivity contribution in [1.29, 1.82) is 0 Å². The summed E-state index contributed by atoms with van der Waals surface area (Å²) in [4.78, 5) is 7.23. The van der Waals surface area contributed by atoms with E-state index in [2.05, 4.69) is 53.8 Å². The zero-order valence-corrected chi connectivity index (χ0v) is 26.7. The Bertz CT molecular complexity index is 1390. The van der Waals surface area contributed by atoms with Crippen molar-refractivity contribution in [3.05, 3.63) is 66.9 Å². The second-order valence-electron chi connectivity index (χ2n) is 11.8. The number of hydrogen-bond donors (Lipinski definition) is 1. The largest absolute Gasteiger partial charge is 0.494 e. The predicted molar refractivity (Wildman–Crippen MR) is 177 cm³/mol. The molecule has 3 fully saturated rings. The summed E-state index contributed by atoms with van der Waals surface area (Å²) in [7, 11) is 0. The number of nitrogens with zero attached hydrogens (tertiary/aromatic N) is 2. The van der Waals surface area contributed by atoms with Gasteiger partial charge in [-0.05, 0) is 106 Å². The van der Waals surface area contributed by atoms with Crippen LogP contribution in [-0.4, -0.2) is 54.0 Å².